The van der Waals surface area contributed by atoms with Gasteiger partial charge in [-0.05, 0) is 73.8 Å². The number of carbonyl (C=O) groups is 1. The molecule has 170 valence electrons. The maximum Gasteiger partial charge on any atom is 0.354 e. The lowest BCUT2D eigenvalue weighted by Crippen LogP contribution is -2.24. The number of anilines is 1. The maximum atomic E-state index is 14.4. The van der Waals surface area contributed by atoms with Crippen molar-refractivity contribution in [1.82, 2.24) is 0 Å². The zero-order valence-corrected chi connectivity index (χ0v) is 19.0. The van der Waals surface area contributed by atoms with Gasteiger partial charge in [0.25, 0.3) is 0 Å². The lowest BCUT2D eigenvalue weighted by Gasteiger charge is -2.17. The van der Waals surface area contributed by atoms with Crippen LogP contribution in [0.15, 0.2) is 14.6 Å². The van der Waals surface area contributed by atoms with Crippen molar-refractivity contribution in [2.24, 2.45) is 9.50 Å². The Bertz CT molecular complexity index is 1250. The third-order valence-corrected chi connectivity index (χ3v) is 9.25. The number of nitrogens with two attached hydrogens (primary N) is 1. The summed E-state index contributed by atoms with van der Waals surface area (Å²) >= 11 is 0.596. The number of halogens is 1. The van der Waals surface area contributed by atoms with Gasteiger partial charge in [-0.2, -0.15) is 5.26 Å². The Labute approximate surface area is 189 Å². The molecule has 2 aliphatic rings. The molecule has 11 heteroatoms. The van der Waals surface area contributed by atoms with Crippen LogP contribution in [0.25, 0.3) is 0 Å². The average Bonchev–Trinajstić information content (AvgIpc) is 3.46. The van der Waals surface area contributed by atoms with Crippen LogP contribution in [0.2, 0.25) is 0 Å². The van der Waals surface area contributed by atoms with Crippen molar-refractivity contribution in [3.8, 4) is 6.07 Å². The first-order valence-electron chi connectivity index (χ1n) is 10.2. The monoisotopic (exact) mass is 478 g/mol. The third-order valence-electron chi connectivity index (χ3n) is 5.96. The molecule has 32 heavy (non-hydrogen) atoms. The molecule has 5 N–H and O–H groups in total. The number of hydrogen-bond donors (Lipinski definition) is 4. The second-order valence-corrected chi connectivity index (χ2v) is 11.3. The fourth-order valence-electron chi connectivity index (χ4n) is 4.43. The normalized spacial score (nSPS) is 18.2. The summed E-state index contributed by atoms with van der Waals surface area (Å²) in [7, 11) is -3.94. The molecule has 1 heterocycles. The fourth-order valence-corrected chi connectivity index (χ4v) is 6.81. The molecule has 2 atom stereocenters. The van der Waals surface area contributed by atoms with Crippen molar-refractivity contribution in [2.75, 3.05) is 11.9 Å². The van der Waals surface area contributed by atoms with Gasteiger partial charge in [0.05, 0.1) is 18.2 Å². The van der Waals surface area contributed by atoms with Crippen LogP contribution in [0.5, 0.6) is 0 Å². The molecule has 0 saturated heterocycles. The van der Waals surface area contributed by atoms with Crippen molar-refractivity contribution in [3.63, 3.8) is 0 Å². The highest BCUT2D eigenvalue weighted by atomic mass is 32.2. The lowest BCUT2D eigenvalue weighted by atomic mass is 9.93. The minimum Gasteiger partial charge on any atom is -0.393 e. The van der Waals surface area contributed by atoms with Crippen molar-refractivity contribution in [1.29, 1.82) is 5.26 Å². The maximum absolute atomic E-state index is 14.4. The van der Waals surface area contributed by atoms with Gasteiger partial charge in [-0.1, -0.05) is 0 Å². The Morgan fingerprint density at radius 2 is 1.88 bits per heavy atom. The molecule has 4 rings (SSSR count). The molecular formula is C21H23FN4O4S2. The minimum absolute atomic E-state index is 0.0176. The molecule has 0 fully saturated rings. The highest BCUT2D eigenvalue weighted by Crippen LogP contribution is 2.41. The number of nitrogens with zero attached hydrogens (tertiary/aromatic N) is 2. The molecular weight excluding hydrogens is 455 g/mol. The SMILES string of the molecule is CC(O)(CO)c1cc(F)c(S(N)(=O)=NC(=O)Nc2c3c(c(C#N)c4c2CCC4)CCC3)s1. The van der Waals surface area contributed by atoms with Gasteiger partial charge in [-0.25, -0.2) is 18.5 Å². The first-order valence-corrected chi connectivity index (χ1v) is 12.6. The number of urea groups is 1. The van der Waals surface area contributed by atoms with Crippen molar-refractivity contribution in [3.05, 3.63) is 44.6 Å². The molecule has 0 bridgehead atoms. The molecule has 2 aliphatic carbocycles. The van der Waals surface area contributed by atoms with Gasteiger partial charge in [0.15, 0.2) is 19.9 Å². The van der Waals surface area contributed by atoms with Crippen LogP contribution < -0.4 is 10.5 Å². The Kier molecular flexibility index (Phi) is 5.85. The van der Waals surface area contributed by atoms with Crippen LogP contribution in [-0.2, 0) is 41.2 Å². The second-order valence-electron chi connectivity index (χ2n) is 8.25. The summed E-state index contributed by atoms with van der Waals surface area (Å²) in [5.74, 6) is -0.970. The van der Waals surface area contributed by atoms with E-state index in [-0.39, 0.29) is 4.88 Å². The van der Waals surface area contributed by atoms with Crippen LogP contribution >= 0.6 is 11.3 Å². The zero-order valence-electron chi connectivity index (χ0n) is 17.4. The van der Waals surface area contributed by atoms with Gasteiger partial charge >= 0.3 is 6.03 Å². The number of benzene rings is 1. The molecule has 2 unspecified atom stereocenters. The molecule has 2 aromatic rings. The van der Waals surface area contributed by atoms with Crippen LogP contribution in [0, 0.1) is 17.1 Å². The molecule has 8 nitrogen and oxygen atoms in total. The van der Waals surface area contributed by atoms with Crippen LogP contribution in [-0.4, -0.2) is 27.1 Å². The van der Waals surface area contributed by atoms with Crippen molar-refractivity contribution in [2.45, 2.75) is 55.3 Å². The molecule has 0 radical (unpaired) electrons. The van der Waals surface area contributed by atoms with Crippen LogP contribution in [0.4, 0.5) is 14.9 Å². The number of nitrogens with one attached hydrogen (secondary N) is 1. The van der Waals surface area contributed by atoms with Crippen molar-refractivity contribution >= 4 is 33.0 Å². The van der Waals surface area contributed by atoms with E-state index in [9.17, 15) is 28.9 Å². The molecule has 2 amide bonds. The topological polar surface area (TPSA) is 149 Å². The molecule has 0 aliphatic heterocycles. The average molecular weight is 479 g/mol. The van der Waals surface area contributed by atoms with Gasteiger partial charge in [-0.3, -0.25) is 0 Å². The Hall–Kier alpha value is -2.36. The minimum atomic E-state index is -3.94. The Balaban J connectivity index is 1.71. The Morgan fingerprint density at radius 3 is 2.41 bits per heavy atom. The zero-order chi connectivity index (χ0) is 23.3. The quantitative estimate of drug-likeness (QED) is 0.533. The highest BCUT2D eigenvalue weighted by Gasteiger charge is 2.31. The van der Waals surface area contributed by atoms with E-state index in [1.807, 2.05) is 0 Å². The van der Waals surface area contributed by atoms with E-state index in [1.165, 1.54) is 6.92 Å². The summed E-state index contributed by atoms with van der Waals surface area (Å²) < 4.78 is 30.5. The molecule has 1 aromatic heterocycles. The number of hydrogen-bond acceptors (Lipinski definition) is 6. The first kappa shape index (κ1) is 22.8. The first-order chi connectivity index (χ1) is 15.1. The third kappa shape index (κ3) is 3.82. The number of aliphatic hydroxyl groups is 2. The number of amides is 2. The summed E-state index contributed by atoms with van der Waals surface area (Å²) in [6.07, 6.45) is 4.68. The summed E-state index contributed by atoms with van der Waals surface area (Å²) in [4.78, 5) is 12.7. The predicted octanol–water partition coefficient (Wildman–Crippen LogP) is 2.87. The van der Waals surface area contributed by atoms with Crippen LogP contribution in [0.3, 0.4) is 0 Å². The van der Waals surface area contributed by atoms with Crippen LogP contribution in [0.1, 0.15) is 52.5 Å². The van der Waals surface area contributed by atoms with E-state index in [0.717, 1.165) is 54.0 Å². The van der Waals surface area contributed by atoms with E-state index < -0.39 is 38.2 Å². The molecule has 1 aromatic carbocycles. The fraction of sp³-hybridized carbons (Fsp3) is 0.429. The van der Waals surface area contributed by atoms with E-state index in [0.29, 0.717) is 35.4 Å². The number of thiophene rings is 1. The Morgan fingerprint density at radius 1 is 1.31 bits per heavy atom. The predicted molar refractivity (Wildman–Crippen MR) is 118 cm³/mol. The largest absolute Gasteiger partial charge is 0.393 e. The number of fused-ring (bicyclic) bond motifs is 2. The van der Waals surface area contributed by atoms with E-state index in [1.54, 1.807) is 0 Å². The van der Waals surface area contributed by atoms with E-state index >= 15 is 0 Å². The summed E-state index contributed by atoms with van der Waals surface area (Å²) in [5, 5.41) is 37.5. The second kappa shape index (κ2) is 8.20. The lowest BCUT2D eigenvalue weighted by molar-refractivity contribution is 0.000654. The number of aliphatic hydroxyl groups excluding tert-OH is 1. The van der Waals surface area contributed by atoms with E-state index in [2.05, 4.69) is 15.7 Å². The number of nitriles is 1. The smallest absolute Gasteiger partial charge is 0.354 e. The summed E-state index contributed by atoms with van der Waals surface area (Å²) in [6.45, 7) is 0.598. The van der Waals surface area contributed by atoms with Crippen molar-refractivity contribution < 1.29 is 23.6 Å². The summed E-state index contributed by atoms with van der Waals surface area (Å²) in [6, 6.07) is 2.28. The highest BCUT2D eigenvalue weighted by molar-refractivity contribution is 7.93. The summed E-state index contributed by atoms with van der Waals surface area (Å²) in [5.41, 5.74) is 3.24. The standard InChI is InChI=1S/C21H23FN4O4S2/c1-21(29,10-27)17-8-16(22)19(31-17)32(24,30)26-20(28)25-18-13-6-2-4-11(13)15(9-23)12-5-3-7-14(12)18/h8,27,29H,2-7,10H2,1H3,(H3,24,25,26,28,30). The van der Waals surface area contributed by atoms with Gasteiger partial charge in [0, 0.05) is 10.6 Å². The number of carbonyl (C=O) groups excluding carboxylic acids is 1. The van der Waals surface area contributed by atoms with Gasteiger partial charge in [0.2, 0.25) is 0 Å². The van der Waals surface area contributed by atoms with E-state index in [4.69, 9.17) is 5.14 Å². The van der Waals surface area contributed by atoms with Gasteiger partial charge in [-0.15, -0.1) is 15.7 Å². The van der Waals surface area contributed by atoms with Gasteiger partial charge < -0.3 is 15.5 Å². The molecule has 0 spiro atoms. The number of rotatable bonds is 4. The molecule has 0 saturated carbocycles. The van der Waals surface area contributed by atoms with Gasteiger partial charge in [0.1, 0.15) is 5.60 Å².